The van der Waals surface area contributed by atoms with Gasteiger partial charge in [-0.15, -0.1) is 0 Å². The van der Waals surface area contributed by atoms with Crippen molar-refractivity contribution in [3.8, 4) is 5.75 Å². The molecular formula is C15H23N3O3. The molecule has 2 N–H and O–H groups in total. The summed E-state index contributed by atoms with van der Waals surface area (Å²) in [6, 6.07) is 5.18. The van der Waals surface area contributed by atoms with Gasteiger partial charge < -0.3 is 15.4 Å². The van der Waals surface area contributed by atoms with Crippen LogP contribution in [0.5, 0.6) is 5.75 Å². The summed E-state index contributed by atoms with van der Waals surface area (Å²) >= 11 is 0. The molecule has 2 unspecified atom stereocenters. The lowest BCUT2D eigenvalue weighted by atomic mass is 9.94. The normalized spacial score (nSPS) is 22.1. The van der Waals surface area contributed by atoms with E-state index in [-0.39, 0.29) is 16.7 Å². The molecule has 1 saturated heterocycles. The first-order valence-corrected chi connectivity index (χ1v) is 7.44. The van der Waals surface area contributed by atoms with E-state index in [0.29, 0.717) is 18.3 Å². The Morgan fingerprint density at radius 1 is 1.48 bits per heavy atom. The third-order valence-electron chi connectivity index (χ3n) is 3.90. The molecule has 0 radical (unpaired) electrons. The highest BCUT2D eigenvalue weighted by Gasteiger charge is 2.24. The molecule has 0 spiro atoms. The van der Waals surface area contributed by atoms with Crippen molar-refractivity contribution in [1.29, 1.82) is 0 Å². The predicted octanol–water partition coefficient (Wildman–Crippen LogP) is 2.56. The van der Waals surface area contributed by atoms with Gasteiger partial charge in [-0.1, -0.05) is 13.8 Å². The van der Waals surface area contributed by atoms with Crippen LogP contribution in [0.1, 0.15) is 26.7 Å². The predicted molar refractivity (Wildman–Crippen MR) is 82.9 cm³/mol. The lowest BCUT2D eigenvalue weighted by Crippen LogP contribution is -2.46. The molecule has 0 bridgehead atoms. The molecule has 6 heteroatoms. The van der Waals surface area contributed by atoms with Crippen molar-refractivity contribution in [1.82, 2.24) is 0 Å². The maximum Gasteiger partial charge on any atom is 0.275 e. The van der Waals surface area contributed by atoms with E-state index < -0.39 is 0 Å². The van der Waals surface area contributed by atoms with Crippen LogP contribution in [0.3, 0.4) is 0 Å². The quantitative estimate of drug-likeness (QED) is 0.666. The maximum absolute atomic E-state index is 11.1. The molecule has 1 fully saturated rings. The third kappa shape index (κ3) is 3.85. The summed E-state index contributed by atoms with van der Waals surface area (Å²) in [6.45, 7) is 6.31. The van der Waals surface area contributed by atoms with Gasteiger partial charge in [0.25, 0.3) is 5.69 Å². The number of nitro benzene ring substituents is 1. The van der Waals surface area contributed by atoms with Gasteiger partial charge in [0, 0.05) is 37.0 Å². The number of rotatable bonds is 5. The fourth-order valence-corrected chi connectivity index (χ4v) is 2.56. The van der Waals surface area contributed by atoms with Crippen LogP contribution in [0.15, 0.2) is 18.2 Å². The monoisotopic (exact) mass is 293 g/mol. The highest BCUT2D eigenvalue weighted by Crippen LogP contribution is 2.31. The van der Waals surface area contributed by atoms with Crippen LogP contribution in [0.25, 0.3) is 0 Å². The summed E-state index contributed by atoms with van der Waals surface area (Å²) in [6.07, 6.45) is 1.77. The maximum atomic E-state index is 11.1. The summed E-state index contributed by atoms with van der Waals surface area (Å²) < 4.78 is 5.57. The first-order chi connectivity index (χ1) is 10.0. The molecule has 1 aromatic carbocycles. The number of ether oxygens (including phenoxy) is 1. The van der Waals surface area contributed by atoms with Crippen molar-refractivity contribution >= 4 is 11.4 Å². The van der Waals surface area contributed by atoms with Crippen molar-refractivity contribution in [2.45, 2.75) is 32.7 Å². The van der Waals surface area contributed by atoms with Crippen LogP contribution in [0, 0.1) is 16.0 Å². The molecule has 0 saturated carbocycles. The molecule has 116 valence electrons. The second-order valence-corrected chi connectivity index (χ2v) is 5.67. The number of hydrogen-bond donors (Lipinski definition) is 1. The summed E-state index contributed by atoms with van der Waals surface area (Å²) in [5, 5.41) is 11.1. The second-order valence-electron chi connectivity index (χ2n) is 5.67. The Kier molecular flexibility index (Phi) is 5.01. The van der Waals surface area contributed by atoms with Gasteiger partial charge in [0.1, 0.15) is 5.75 Å². The Hall–Kier alpha value is -1.82. The number of anilines is 1. The molecule has 21 heavy (non-hydrogen) atoms. The third-order valence-corrected chi connectivity index (χ3v) is 3.90. The molecule has 2 rings (SSSR count). The van der Waals surface area contributed by atoms with Crippen molar-refractivity contribution in [3.63, 3.8) is 0 Å². The van der Waals surface area contributed by atoms with E-state index in [1.165, 1.54) is 6.07 Å². The van der Waals surface area contributed by atoms with E-state index in [2.05, 4.69) is 11.8 Å². The summed E-state index contributed by atoms with van der Waals surface area (Å²) in [7, 11) is 0. The van der Waals surface area contributed by atoms with Gasteiger partial charge in [-0.3, -0.25) is 10.1 Å². The van der Waals surface area contributed by atoms with E-state index in [4.69, 9.17) is 10.5 Å². The molecule has 2 atom stereocenters. The SMILES string of the molecule is CCCOc1cc(N2CCC(N)C(C)C2)cc([N+](=O)[O-])c1. The van der Waals surface area contributed by atoms with Crippen LogP contribution < -0.4 is 15.4 Å². The van der Waals surface area contributed by atoms with E-state index in [0.717, 1.165) is 31.6 Å². The van der Waals surface area contributed by atoms with Gasteiger partial charge in [0.05, 0.1) is 17.6 Å². The van der Waals surface area contributed by atoms with E-state index in [1.807, 2.05) is 13.0 Å². The van der Waals surface area contributed by atoms with Gasteiger partial charge in [-0.05, 0) is 18.8 Å². The molecular weight excluding hydrogens is 270 g/mol. The van der Waals surface area contributed by atoms with E-state index >= 15 is 0 Å². The van der Waals surface area contributed by atoms with E-state index in [9.17, 15) is 10.1 Å². The average molecular weight is 293 g/mol. The average Bonchev–Trinajstić information content (AvgIpc) is 2.47. The molecule has 1 aliphatic heterocycles. The van der Waals surface area contributed by atoms with Gasteiger partial charge in [0.2, 0.25) is 0 Å². The minimum Gasteiger partial charge on any atom is -0.493 e. The second kappa shape index (κ2) is 6.76. The van der Waals surface area contributed by atoms with Crippen LogP contribution in [-0.4, -0.2) is 30.7 Å². The molecule has 6 nitrogen and oxygen atoms in total. The first-order valence-electron chi connectivity index (χ1n) is 7.44. The lowest BCUT2D eigenvalue weighted by Gasteiger charge is -2.36. The number of benzene rings is 1. The van der Waals surface area contributed by atoms with Crippen molar-refractivity contribution in [3.05, 3.63) is 28.3 Å². The van der Waals surface area contributed by atoms with E-state index in [1.54, 1.807) is 6.07 Å². The zero-order chi connectivity index (χ0) is 15.4. The number of nitro groups is 1. The van der Waals surface area contributed by atoms with Crippen molar-refractivity contribution < 1.29 is 9.66 Å². The van der Waals surface area contributed by atoms with Crippen LogP contribution >= 0.6 is 0 Å². The summed E-state index contributed by atoms with van der Waals surface area (Å²) in [4.78, 5) is 12.9. The molecule has 1 aliphatic rings. The van der Waals surface area contributed by atoms with Gasteiger partial charge in [-0.25, -0.2) is 0 Å². The molecule has 0 aromatic heterocycles. The Morgan fingerprint density at radius 2 is 2.24 bits per heavy atom. The number of hydrogen-bond acceptors (Lipinski definition) is 5. The van der Waals surface area contributed by atoms with Gasteiger partial charge in [0.15, 0.2) is 0 Å². The smallest absolute Gasteiger partial charge is 0.275 e. The fourth-order valence-electron chi connectivity index (χ4n) is 2.56. The molecule has 1 heterocycles. The zero-order valence-electron chi connectivity index (χ0n) is 12.6. The highest BCUT2D eigenvalue weighted by molar-refractivity contribution is 5.58. The Labute approximate surface area is 125 Å². The molecule has 0 aliphatic carbocycles. The molecule has 1 aromatic rings. The number of non-ortho nitro benzene ring substituents is 1. The highest BCUT2D eigenvalue weighted by atomic mass is 16.6. The van der Waals surface area contributed by atoms with Crippen LogP contribution in [-0.2, 0) is 0 Å². The Balaban J connectivity index is 2.25. The largest absolute Gasteiger partial charge is 0.493 e. The summed E-state index contributed by atoms with van der Waals surface area (Å²) in [5.41, 5.74) is 6.94. The standard InChI is InChI=1S/C15H23N3O3/c1-3-6-21-14-8-12(7-13(9-14)18(19)20)17-5-4-15(16)11(2)10-17/h7-9,11,15H,3-6,10,16H2,1-2H3. The van der Waals surface area contributed by atoms with Crippen molar-refractivity contribution in [2.24, 2.45) is 11.7 Å². The van der Waals surface area contributed by atoms with Crippen LogP contribution in [0.4, 0.5) is 11.4 Å². The topological polar surface area (TPSA) is 81.6 Å². The van der Waals surface area contributed by atoms with Crippen LogP contribution in [0.2, 0.25) is 0 Å². The minimum atomic E-state index is -0.374. The zero-order valence-corrected chi connectivity index (χ0v) is 12.6. The number of piperidine rings is 1. The molecule has 0 amide bonds. The lowest BCUT2D eigenvalue weighted by molar-refractivity contribution is -0.384. The Morgan fingerprint density at radius 3 is 2.86 bits per heavy atom. The first kappa shape index (κ1) is 15.6. The number of nitrogens with two attached hydrogens (primary N) is 1. The number of nitrogens with zero attached hydrogens (tertiary/aromatic N) is 2. The van der Waals surface area contributed by atoms with Crippen molar-refractivity contribution in [2.75, 3.05) is 24.6 Å². The van der Waals surface area contributed by atoms with Gasteiger partial charge in [-0.2, -0.15) is 0 Å². The summed E-state index contributed by atoms with van der Waals surface area (Å²) in [5.74, 6) is 0.932. The van der Waals surface area contributed by atoms with Gasteiger partial charge >= 0.3 is 0 Å². The fraction of sp³-hybridized carbons (Fsp3) is 0.600. The Bertz CT molecular complexity index is 507. The minimum absolute atomic E-state index is 0.0705.